The zero-order valence-electron chi connectivity index (χ0n) is 12.2. The molecule has 0 radical (unpaired) electrons. The van der Waals surface area contributed by atoms with Crippen molar-refractivity contribution in [1.29, 1.82) is 0 Å². The van der Waals surface area contributed by atoms with Gasteiger partial charge in [-0.1, -0.05) is 31.0 Å². The highest BCUT2D eigenvalue weighted by Gasteiger charge is 2.48. The zero-order valence-corrected chi connectivity index (χ0v) is 12.2. The Morgan fingerprint density at radius 1 is 1.24 bits per heavy atom. The minimum absolute atomic E-state index is 0.0168. The van der Waals surface area contributed by atoms with Gasteiger partial charge in [0.25, 0.3) is 5.91 Å². The van der Waals surface area contributed by atoms with Gasteiger partial charge in [-0.25, -0.2) is 0 Å². The van der Waals surface area contributed by atoms with Crippen LogP contribution >= 0.6 is 0 Å². The fourth-order valence-electron chi connectivity index (χ4n) is 3.40. The van der Waals surface area contributed by atoms with Gasteiger partial charge in [0.2, 0.25) is 5.91 Å². The molecule has 1 heterocycles. The van der Waals surface area contributed by atoms with E-state index in [1.165, 1.54) is 0 Å². The molecule has 1 saturated carbocycles. The number of amides is 2. The number of anilines is 1. The Kier molecular flexibility index (Phi) is 3.68. The Morgan fingerprint density at radius 2 is 1.95 bits per heavy atom. The van der Waals surface area contributed by atoms with Crippen LogP contribution in [0.5, 0.6) is 0 Å². The summed E-state index contributed by atoms with van der Waals surface area (Å²) in [5, 5.41) is 2.93. The van der Waals surface area contributed by atoms with E-state index in [9.17, 15) is 9.59 Å². The van der Waals surface area contributed by atoms with Crippen molar-refractivity contribution in [1.82, 2.24) is 5.32 Å². The van der Waals surface area contributed by atoms with E-state index in [2.05, 4.69) is 5.32 Å². The molecular weight excluding hydrogens is 268 g/mol. The number of carbonyl (C=O) groups excluding carboxylic acids is 2. The third kappa shape index (κ3) is 2.42. The number of carbonyl (C=O) groups is 2. The van der Waals surface area contributed by atoms with Gasteiger partial charge in [-0.05, 0) is 18.9 Å². The minimum atomic E-state index is -0.685. The van der Waals surface area contributed by atoms with Crippen molar-refractivity contribution in [3.8, 4) is 0 Å². The summed E-state index contributed by atoms with van der Waals surface area (Å²) in [4.78, 5) is 26.6. The summed E-state index contributed by atoms with van der Waals surface area (Å²) >= 11 is 0. The van der Waals surface area contributed by atoms with E-state index >= 15 is 0 Å². The normalized spacial score (nSPS) is 20.9. The van der Waals surface area contributed by atoms with E-state index < -0.39 is 5.54 Å². The molecule has 5 nitrogen and oxygen atoms in total. The molecule has 112 valence electrons. The summed E-state index contributed by atoms with van der Waals surface area (Å²) in [5.74, 6) is -0.0631. The fraction of sp³-hybridized carbons (Fsp3) is 0.500. The molecule has 3 rings (SSSR count). The molecule has 1 aromatic rings. The first-order chi connectivity index (χ1) is 10.2. The maximum atomic E-state index is 12.9. The molecule has 1 N–H and O–H groups in total. The van der Waals surface area contributed by atoms with Crippen LogP contribution in [-0.2, 0) is 20.9 Å². The maximum absolute atomic E-state index is 12.9. The highest BCUT2D eigenvalue weighted by atomic mass is 16.5. The van der Waals surface area contributed by atoms with Crippen LogP contribution in [0.3, 0.4) is 0 Å². The van der Waals surface area contributed by atoms with Crippen molar-refractivity contribution in [3.63, 3.8) is 0 Å². The smallest absolute Gasteiger partial charge is 0.253 e. The van der Waals surface area contributed by atoms with Crippen molar-refractivity contribution in [2.24, 2.45) is 0 Å². The van der Waals surface area contributed by atoms with Crippen molar-refractivity contribution in [2.45, 2.75) is 37.8 Å². The average molecular weight is 288 g/mol. The van der Waals surface area contributed by atoms with Crippen molar-refractivity contribution >= 4 is 17.5 Å². The molecule has 1 saturated heterocycles. The van der Waals surface area contributed by atoms with Crippen LogP contribution in [0.25, 0.3) is 0 Å². The number of rotatable bonds is 3. The monoisotopic (exact) mass is 288 g/mol. The number of methoxy groups -OCH3 is 1. The lowest BCUT2D eigenvalue weighted by atomic mass is 9.92. The SMILES string of the molecule is COCc1ccccc1N1CC(=O)NC2(CCCC2)C1=O. The maximum Gasteiger partial charge on any atom is 0.253 e. The number of ether oxygens (including phenoxy) is 1. The number of nitrogens with one attached hydrogen (secondary N) is 1. The highest BCUT2D eigenvalue weighted by molar-refractivity contribution is 6.09. The first-order valence-corrected chi connectivity index (χ1v) is 7.36. The topological polar surface area (TPSA) is 58.6 Å². The van der Waals surface area contributed by atoms with E-state index in [1.54, 1.807) is 12.0 Å². The summed E-state index contributed by atoms with van der Waals surface area (Å²) in [7, 11) is 1.62. The summed E-state index contributed by atoms with van der Waals surface area (Å²) in [6.07, 6.45) is 3.44. The number of nitrogens with zero attached hydrogens (tertiary/aromatic N) is 1. The second kappa shape index (κ2) is 5.48. The largest absolute Gasteiger partial charge is 0.380 e. The molecule has 1 aliphatic heterocycles. The Bertz CT molecular complexity index is 564. The van der Waals surface area contributed by atoms with Gasteiger partial charge in [0.15, 0.2) is 0 Å². The van der Waals surface area contributed by atoms with E-state index in [0.29, 0.717) is 6.61 Å². The summed E-state index contributed by atoms with van der Waals surface area (Å²) in [6.45, 7) is 0.510. The second-order valence-corrected chi connectivity index (χ2v) is 5.79. The summed E-state index contributed by atoms with van der Waals surface area (Å²) < 4.78 is 5.20. The molecule has 0 atom stereocenters. The molecule has 5 heteroatoms. The Hall–Kier alpha value is -1.88. The fourth-order valence-corrected chi connectivity index (χ4v) is 3.40. The van der Waals surface area contributed by atoms with Gasteiger partial charge in [-0.3, -0.25) is 9.59 Å². The van der Waals surface area contributed by atoms with Gasteiger partial charge < -0.3 is 15.0 Å². The Labute approximate surface area is 124 Å². The van der Waals surface area contributed by atoms with Crippen LogP contribution in [0.4, 0.5) is 5.69 Å². The third-order valence-electron chi connectivity index (χ3n) is 4.37. The van der Waals surface area contributed by atoms with Gasteiger partial charge in [0.05, 0.1) is 6.61 Å². The molecule has 0 aromatic heterocycles. The summed E-state index contributed by atoms with van der Waals surface area (Å²) in [5.41, 5.74) is 1.02. The molecule has 21 heavy (non-hydrogen) atoms. The predicted octanol–water partition coefficient (Wildman–Crippen LogP) is 1.61. The number of hydrogen-bond donors (Lipinski definition) is 1. The number of para-hydroxylation sites is 1. The molecule has 2 fully saturated rings. The van der Waals surface area contributed by atoms with E-state index in [1.807, 2.05) is 24.3 Å². The molecule has 1 aliphatic carbocycles. The van der Waals surface area contributed by atoms with Gasteiger partial charge in [-0.15, -0.1) is 0 Å². The number of hydrogen-bond acceptors (Lipinski definition) is 3. The first-order valence-electron chi connectivity index (χ1n) is 7.36. The van der Waals surface area contributed by atoms with Crippen molar-refractivity contribution < 1.29 is 14.3 Å². The quantitative estimate of drug-likeness (QED) is 0.919. The number of piperazine rings is 1. The lowest BCUT2D eigenvalue weighted by molar-refractivity contribution is -0.135. The predicted molar refractivity (Wildman–Crippen MR) is 78.8 cm³/mol. The zero-order chi connectivity index (χ0) is 14.9. The molecule has 0 bridgehead atoms. The van der Waals surface area contributed by atoms with Crippen LogP contribution in [0, 0.1) is 0 Å². The standard InChI is InChI=1S/C16H20N2O3/c1-21-11-12-6-2-3-7-13(12)18-10-14(19)17-16(15(18)20)8-4-5-9-16/h2-3,6-7H,4-5,8-11H2,1H3,(H,17,19). The lowest BCUT2D eigenvalue weighted by Gasteiger charge is -2.40. The molecular formula is C16H20N2O3. The van der Waals surface area contributed by atoms with Crippen LogP contribution in [0.15, 0.2) is 24.3 Å². The van der Waals surface area contributed by atoms with Gasteiger partial charge in [0.1, 0.15) is 12.1 Å². The Balaban J connectivity index is 1.97. The lowest BCUT2D eigenvalue weighted by Crippen LogP contribution is -2.65. The molecule has 0 unspecified atom stereocenters. The van der Waals surface area contributed by atoms with Gasteiger partial charge >= 0.3 is 0 Å². The van der Waals surface area contributed by atoms with Crippen LogP contribution in [0.2, 0.25) is 0 Å². The van der Waals surface area contributed by atoms with Crippen molar-refractivity contribution in [3.05, 3.63) is 29.8 Å². The second-order valence-electron chi connectivity index (χ2n) is 5.79. The molecule has 1 spiro atoms. The third-order valence-corrected chi connectivity index (χ3v) is 4.37. The Morgan fingerprint density at radius 3 is 2.67 bits per heavy atom. The van der Waals surface area contributed by atoms with Crippen LogP contribution in [-0.4, -0.2) is 31.0 Å². The minimum Gasteiger partial charge on any atom is -0.380 e. The molecule has 2 aliphatic rings. The molecule has 2 amide bonds. The number of benzene rings is 1. The first kappa shape index (κ1) is 14.1. The van der Waals surface area contributed by atoms with E-state index in [4.69, 9.17) is 4.74 Å². The van der Waals surface area contributed by atoms with Crippen molar-refractivity contribution in [2.75, 3.05) is 18.6 Å². The van der Waals surface area contributed by atoms with Crippen LogP contribution < -0.4 is 10.2 Å². The van der Waals surface area contributed by atoms with Crippen LogP contribution in [0.1, 0.15) is 31.2 Å². The summed E-state index contributed by atoms with van der Waals surface area (Å²) in [6, 6.07) is 7.61. The average Bonchev–Trinajstić information content (AvgIpc) is 2.93. The molecule has 1 aromatic carbocycles. The van der Waals surface area contributed by atoms with E-state index in [0.717, 1.165) is 36.9 Å². The highest BCUT2D eigenvalue weighted by Crippen LogP contribution is 2.35. The van der Waals surface area contributed by atoms with Gasteiger partial charge in [0, 0.05) is 18.4 Å². The van der Waals surface area contributed by atoms with E-state index in [-0.39, 0.29) is 18.4 Å². The van der Waals surface area contributed by atoms with Gasteiger partial charge in [-0.2, -0.15) is 0 Å².